The first-order chi connectivity index (χ1) is 4.83. The van der Waals surface area contributed by atoms with Gasteiger partial charge in [0.05, 0.1) is 0 Å². The van der Waals surface area contributed by atoms with Gasteiger partial charge in [-0.1, -0.05) is 23.3 Å². The Morgan fingerprint density at radius 3 is 2.40 bits per heavy atom. The fourth-order valence-electron chi connectivity index (χ4n) is 1.38. The average Bonchev–Trinajstić information content (AvgIpc) is 2.40. The summed E-state index contributed by atoms with van der Waals surface area (Å²) in [6, 6.07) is 0. The Morgan fingerprint density at radius 2 is 1.90 bits per heavy atom. The van der Waals surface area contributed by atoms with Gasteiger partial charge >= 0.3 is 0 Å². The molecule has 0 N–H and O–H groups in total. The lowest BCUT2D eigenvalue weighted by atomic mass is 10.1. The topological polar surface area (TPSA) is 0 Å². The van der Waals surface area contributed by atoms with Crippen LogP contribution >= 0.6 is 0 Å². The second kappa shape index (κ2) is 3.60. The predicted octanol–water partition coefficient (Wildman–Crippen LogP) is 3.45. The van der Waals surface area contributed by atoms with E-state index in [2.05, 4.69) is 26.0 Å². The Balaban J connectivity index is 2.53. The zero-order valence-corrected chi connectivity index (χ0v) is 6.98. The van der Waals surface area contributed by atoms with Gasteiger partial charge in [0.25, 0.3) is 0 Å². The standard InChI is InChI=1S/C10H16/c1-3-9(2)8-10-6-4-5-7-10/h3,8H,4-7H2,1-2H3/b9-3-. The highest BCUT2D eigenvalue weighted by Crippen LogP contribution is 2.24. The maximum atomic E-state index is 2.34. The Kier molecular flexibility index (Phi) is 2.73. The van der Waals surface area contributed by atoms with Crippen molar-refractivity contribution in [2.24, 2.45) is 0 Å². The van der Waals surface area contributed by atoms with Crippen molar-refractivity contribution in [3.63, 3.8) is 0 Å². The van der Waals surface area contributed by atoms with Crippen LogP contribution in [-0.2, 0) is 0 Å². The molecule has 1 saturated carbocycles. The summed E-state index contributed by atoms with van der Waals surface area (Å²) in [4.78, 5) is 0. The molecule has 0 atom stereocenters. The summed E-state index contributed by atoms with van der Waals surface area (Å²) >= 11 is 0. The molecular formula is C10H16. The summed E-state index contributed by atoms with van der Waals surface area (Å²) in [7, 11) is 0. The van der Waals surface area contributed by atoms with Crippen LogP contribution < -0.4 is 0 Å². The van der Waals surface area contributed by atoms with Crippen molar-refractivity contribution in [2.45, 2.75) is 39.5 Å². The van der Waals surface area contributed by atoms with E-state index < -0.39 is 0 Å². The van der Waals surface area contributed by atoms with Crippen molar-refractivity contribution < 1.29 is 0 Å². The van der Waals surface area contributed by atoms with Crippen LogP contribution in [0, 0.1) is 0 Å². The molecular weight excluding hydrogens is 120 g/mol. The fraction of sp³-hybridized carbons (Fsp3) is 0.600. The van der Waals surface area contributed by atoms with E-state index in [4.69, 9.17) is 0 Å². The monoisotopic (exact) mass is 136 g/mol. The van der Waals surface area contributed by atoms with Gasteiger partial charge in [0.2, 0.25) is 0 Å². The first kappa shape index (κ1) is 7.59. The molecule has 1 aliphatic carbocycles. The third-order valence-corrected chi connectivity index (χ3v) is 2.13. The van der Waals surface area contributed by atoms with Crippen LogP contribution in [0.2, 0.25) is 0 Å². The molecule has 0 bridgehead atoms. The molecule has 0 aromatic carbocycles. The van der Waals surface area contributed by atoms with Crippen molar-refractivity contribution in [1.29, 1.82) is 0 Å². The molecule has 1 fully saturated rings. The lowest BCUT2D eigenvalue weighted by Gasteiger charge is -1.94. The molecule has 0 heterocycles. The number of allylic oxidation sites excluding steroid dienone is 4. The Morgan fingerprint density at radius 1 is 1.30 bits per heavy atom. The third-order valence-electron chi connectivity index (χ3n) is 2.13. The zero-order chi connectivity index (χ0) is 7.40. The van der Waals surface area contributed by atoms with Crippen molar-refractivity contribution >= 4 is 0 Å². The van der Waals surface area contributed by atoms with Crippen LogP contribution in [0.5, 0.6) is 0 Å². The molecule has 0 spiro atoms. The molecule has 0 aromatic rings. The molecule has 0 amide bonds. The Hall–Kier alpha value is -0.520. The van der Waals surface area contributed by atoms with E-state index in [9.17, 15) is 0 Å². The molecule has 0 aliphatic heterocycles. The van der Waals surface area contributed by atoms with Gasteiger partial charge in [0, 0.05) is 0 Å². The second-order valence-electron chi connectivity index (χ2n) is 3.04. The van der Waals surface area contributed by atoms with Gasteiger partial charge in [-0.05, 0) is 39.5 Å². The molecule has 0 heteroatoms. The minimum absolute atomic E-state index is 1.34. The lowest BCUT2D eigenvalue weighted by Crippen LogP contribution is -1.73. The SMILES string of the molecule is C/C=C(/C)C=C1CCCC1. The van der Waals surface area contributed by atoms with Crippen LogP contribution in [0.15, 0.2) is 23.3 Å². The Labute approximate surface area is 63.6 Å². The van der Waals surface area contributed by atoms with Crippen molar-refractivity contribution in [2.75, 3.05) is 0 Å². The molecule has 0 nitrogen and oxygen atoms in total. The van der Waals surface area contributed by atoms with E-state index in [1.807, 2.05) is 0 Å². The highest BCUT2D eigenvalue weighted by atomic mass is 14.1. The minimum atomic E-state index is 1.34. The van der Waals surface area contributed by atoms with Crippen LogP contribution in [0.4, 0.5) is 0 Å². The third kappa shape index (κ3) is 2.02. The van der Waals surface area contributed by atoms with Crippen LogP contribution in [0.3, 0.4) is 0 Å². The van der Waals surface area contributed by atoms with Crippen LogP contribution in [0.25, 0.3) is 0 Å². The molecule has 1 aliphatic rings. The maximum Gasteiger partial charge on any atom is -0.0317 e. The smallest absolute Gasteiger partial charge is 0.0317 e. The lowest BCUT2D eigenvalue weighted by molar-refractivity contribution is 0.886. The Bertz CT molecular complexity index is 153. The summed E-state index contributed by atoms with van der Waals surface area (Å²) in [5.74, 6) is 0. The summed E-state index contributed by atoms with van der Waals surface area (Å²) in [5.41, 5.74) is 3.06. The predicted molar refractivity (Wildman–Crippen MR) is 46.0 cm³/mol. The van der Waals surface area contributed by atoms with E-state index in [0.29, 0.717) is 0 Å². The zero-order valence-electron chi connectivity index (χ0n) is 6.98. The van der Waals surface area contributed by atoms with Crippen LogP contribution in [0.1, 0.15) is 39.5 Å². The van der Waals surface area contributed by atoms with Gasteiger partial charge in [-0.3, -0.25) is 0 Å². The van der Waals surface area contributed by atoms with Gasteiger partial charge < -0.3 is 0 Å². The van der Waals surface area contributed by atoms with Crippen molar-refractivity contribution in [3.8, 4) is 0 Å². The number of rotatable bonds is 1. The highest BCUT2D eigenvalue weighted by Gasteiger charge is 2.04. The van der Waals surface area contributed by atoms with Gasteiger partial charge in [-0.15, -0.1) is 0 Å². The summed E-state index contributed by atoms with van der Waals surface area (Å²) < 4.78 is 0. The molecule has 1 rings (SSSR count). The summed E-state index contributed by atoms with van der Waals surface area (Å²) in [6.45, 7) is 4.27. The molecule has 0 unspecified atom stereocenters. The van der Waals surface area contributed by atoms with E-state index in [1.54, 1.807) is 5.57 Å². The van der Waals surface area contributed by atoms with Crippen molar-refractivity contribution in [3.05, 3.63) is 23.3 Å². The molecule has 0 radical (unpaired) electrons. The molecule has 0 aromatic heterocycles. The van der Waals surface area contributed by atoms with Gasteiger partial charge in [0.15, 0.2) is 0 Å². The van der Waals surface area contributed by atoms with Gasteiger partial charge in [0.1, 0.15) is 0 Å². The first-order valence-corrected chi connectivity index (χ1v) is 4.15. The number of hydrogen-bond acceptors (Lipinski definition) is 0. The van der Waals surface area contributed by atoms with Gasteiger partial charge in [-0.25, -0.2) is 0 Å². The van der Waals surface area contributed by atoms with E-state index >= 15 is 0 Å². The highest BCUT2D eigenvalue weighted by molar-refractivity contribution is 5.22. The average molecular weight is 136 g/mol. The fourth-order valence-corrected chi connectivity index (χ4v) is 1.38. The first-order valence-electron chi connectivity index (χ1n) is 4.15. The van der Waals surface area contributed by atoms with Gasteiger partial charge in [-0.2, -0.15) is 0 Å². The molecule has 56 valence electrons. The second-order valence-corrected chi connectivity index (χ2v) is 3.04. The number of hydrogen-bond donors (Lipinski definition) is 0. The summed E-state index contributed by atoms with van der Waals surface area (Å²) in [5, 5.41) is 0. The quantitative estimate of drug-likeness (QED) is 0.518. The van der Waals surface area contributed by atoms with Crippen LogP contribution in [-0.4, -0.2) is 0 Å². The maximum absolute atomic E-state index is 2.34. The largest absolute Gasteiger partial charge is 0.0847 e. The minimum Gasteiger partial charge on any atom is -0.0847 e. The molecule has 10 heavy (non-hydrogen) atoms. The summed E-state index contributed by atoms with van der Waals surface area (Å²) in [6.07, 6.45) is 10.0. The van der Waals surface area contributed by atoms with Crippen molar-refractivity contribution in [1.82, 2.24) is 0 Å². The van der Waals surface area contributed by atoms with E-state index in [0.717, 1.165) is 0 Å². The normalized spacial score (nSPS) is 19.8. The van der Waals surface area contributed by atoms with E-state index in [-0.39, 0.29) is 0 Å². The van der Waals surface area contributed by atoms with E-state index in [1.165, 1.54) is 31.3 Å². The molecule has 0 saturated heterocycles.